The molecule has 0 amide bonds. The first-order valence-electron chi connectivity index (χ1n) is 13.0. The zero-order chi connectivity index (χ0) is 22.6. The van der Waals surface area contributed by atoms with Gasteiger partial charge in [0.25, 0.3) is 0 Å². The molecule has 2 aromatic rings. The summed E-state index contributed by atoms with van der Waals surface area (Å²) in [5.41, 5.74) is 5.85. The van der Waals surface area contributed by atoms with Gasteiger partial charge in [-0.3, -0.25) is 4.90 Å². The molecule has 4 heteroatoms. The van der Waals surface area contributed by atoms with Crippen molar-refractivity contribution in [3.05, 3.63) is 65.2 Å². The number of ether oxygens (including phenoxy) is 2. The van der Waals surface area contributed by atoms with Crippen LogP contribution in [0.4, 0.5) is 5.69 Å². The summed E-state index contributed by atoms with van der Waals surface area (Å²) in [5, 5.41) is 0. The van der Waals surface area contributed by atoms with Crippen LogP contribution in [-0.4, -0.2) is 51.1 Å². The Morgan fingerprint density at radius 1 is 0.788 bits per heavy atom. The van der Waals surface area contributed by atoms with E-state index in [2.05, 4.69) is 58.3 Å². The topological polar surface area (TPSA) is 24.9 Å². The Hall–Kier alpha value is -1.88. The maximum absolute atomic E-state index is 5.51. The minimum atomic E-state index is -0.0772. The molecule has 33 heavy (non-hydrogen) atoms. The van der Waals surface area contributed by atoms with Crippen molar-refractivity contribution in [3.8, 4) is 0 Å². The number of fused-ring (bicyclic) bond motifs is 1. The third kappa shape index (κ3) is 4.84. The standard InChI is InChI=1S/C29H40N2O2/c1-32-29(33-2)24-16-19-30(20-17-24)25-14-12-23(13-15-25)28-27-11-7-6-8-22(27)18-21-31(28)26-9-4-3-5-10-26/h6-8,11-15,24,26,28-29H,3-5,9-10,16-21H2,1-2H3. The largest absolute Gasteiger partial charge is 0.372 e. The molecule has 1 aliphatic carbocycles. The molecule has 0 bridgehead atoms. The minimum Gasteiger partial charge on any atom is -0.372 e. The van der Waals surface area contributed by atoms with Gasteiger partial charge >= 0.3 is 0 Å². The summed E-state index contributed by atoms with van der Waals surface area (Å²) in [6, 6.07) is 19.8. The predicted octanol–water partition coefficient (Wildman–Crippen LogP) is 5.80. The van der Waals surface area contributed by atoms with E-state index in [1.165, 1.54) is 67.4 Å². The predicted molar refractivity (Wildman–Crippen MR) is 135 cm³/mol. The van der Waals surface area contributed by atoms with Gasteiger partial charge in [-0.25, -0.2) is 0 Å². The fourth-order valence-corrected chi connectivity index (χ4v) is 6.54. The molecule has 0 radical (unpaired) electrons. The van der Waals surface area contributed by atoms with Gasteiger partial charge in [-0.2, -0.15) is 0 Å². The van der Waals surface area contributed by atoms with Crippen molar-refractivity contribution in [1.29, 1.82) is 0 Å². The van der Waals surface area contributed by atoms with Crippen molar-refractivity contribution < 1.29 is 9.47 Å². The Labute approximate surface area is 199 Å². The van der Waals surface area contributed by atoms with Crippen LogP contribution in [0.1, 0.15) is 67.7 Å². The van der Waals surface area contributed by atoms with Crippen molar-refractivity contribution in [3.63, 3.8) is 0 Å². The highest BCUT2D eigenvalue weighted by Crippen LogP contribution is 2.40. The van der Waals surface area contributed by atoms with Gasteiger partial charge in [0.15, 0.2) is 6.29 Å². The monoisotopic (exact) mass is 448 g/mol. The molecular formula is C29H40N2O2. The highest BCUT2D eigenvalue weighted by molar-refractivity contribution is 5.50. The number of rotatable bonds is 6. The smallest absolute Gasteiger partial charge is 0.159 e. The van der Waals surface area contributed by atoms with E-state index in [1.54, 1.807) is 14.2 Å². The summed E-state index contributed by atoms with van der Waals surface area (Å²) in [4.78, 5) is 5.36. The number of nitrogens with zero attached hydrogens (tertiary/aromatic N) is 2. The lowest BCUT2D eigenvalue weighted by molar-refractivity contribution is -0.141. The summed E-state index contributed by atoms with van der Waals surface area (Å²) < 4.78 is 11.0. The molecule has 1 atom stereocenters. The normalized spacial score (nSPS) is 23.1. The molecule has 2 heterocycles. The number of benzene rings is 2. The lowest BCUT2D eigenvalue weighted by Gasteiger charge is -2.44. The van der Waals surface area contributed by atoms with Crippen molar-refractivity contribution in [2.45, 2.75) is 69.7 Å². The van der Waals surface area contributed by atoms with Gasteiger partial charge in [-0.05, 0) is 60.9 Å². The van der Waals surface area contributed by atoms with Gasteiger partial charge in [0.2, 0.25) is 0 Å². The van der Waals surface area contributed by atoms with Gasteiger partial charge < -0.3 is 14.4 Å². The van der Waals surface area contributed by atoms with Gasteiger partial charge in [-0.15, -0.1) is 0 Å². The summed E-state index contributed by atoms with van der Waals surface area (Å²) in [6.45, 7) is 3.31. The van der Waals surface area contributed by atoms with Crippen LogP contribution in [0.15, 0.2) is 48.5 Å². The summed E-state index contributed by atoms with van der Waals surface area (Å²) in [7, 11) is 3.50. The third-order valence-electron chi connectivity index (χ3n) is 8.33. The van der Waals surface area contributed by atoms with Crippen LogP contribution in [0.25, 0.3) is 0 Å². The van der Waals surface area contributed by atoms with E-state index in [-0.39, 0.29) is 6.29 Å². The zero-order valence-corrected chi connectivity index (χ0v) is 20.4. The Morgan fingerprint density at radius 3 is 2.18 bits per heavy atom. The molecule has 178 valence electrons. The van der Waals surface area contributed by atoms with E-state index >= 15 is 0 Å². The molecule has 1 saturated heterocycles. The molecule has 2 aliphatic heterocycles. The molecule has 2 fully saturated rings. The van der Waals surface area contributed by atoms with E-state index in [0.29, 0.717) is 12.0 Å². The number of piperidine rings is 1. The Balaban J connectivity index is 1.34. The van der Waals surface area contributed by atoms with Crippen LogP contribution in [0, 0.1) is 5.92 Å². The first-order chi connectivity index (χ1) is 16.3. The lowest BCUT2D eigenvalue weighted by atomic mass is 9.84. The van der Waals surface area contributed by atoms with Crippen LogP contribution in [0.5, 0.6) is 0 Å². The highest BCUT2D eigenvalue weighted by atomic mass is 16.7. The van der Waals surface area contributed by atoms with Gasteiger partial charge in [0.1, 0.15) is 0 Å². The van der Waals surface area contributed by atoms with E-state index in [1.807, 2.05) is 0 Å². The van der Waals surface area contributed by atoms with Gasteiger partial charge in [0.05, 0.1) is 6.04 Å². The SMILES string of the molecule is COC(OC)C1CCN(c2ccc(C3c4ccccc4CCN3C3CCCCC3)cc2)CC1. The second-order valence-corrected chi connectivity index (χ2v) is 10.1. The molecule has 4 nitrogen and oxygen atoms in total. The lowest BCUT2D eigenvalue weighted by Crippen LogP contribution is -2.44. The molecule has 0 aromatic heterocycles. The fourth-order valence-electron chi connectivity index (χ4n) is 6.54. The molecule has 1 saturated carbocycles. The van der Waals surface area contributed by atoms with Gasteiger partial charge in [-0.1, -0.05) is 55.7 Å². The number of methoxy groups -OCH3 is 2. The van der Waals surface area contributed by atoms with E-state index in [0.717, 1.165) is 32.0 Å². The highest BCUT2D eigenvalue weighted by Gasteiger charge is 2.34. The average molecular weight is 449 g/mol. The molecular weight excluding hydrogens is 408 g/mol. The third-order valence-corrected chi connectivity index (χ3v) is 8.33. The van der Waals surface area contributed by atoms with Crippen molar-refractivity contribution in [1.82, 2.24) is 4.90 Å². The van der Waals surface area contributed by atoms with Crippen LogP contribution >= 0.6 is 0 Å². The number of hydrogen-bond acceptors (Lipinski definition) is 4. The fraction of sp³-hybridized carbons (Fsp3) is 0.586. The molecule has 0 spiro atoms. The number of hydrogen-bond donors (Lipinski definition) is 0. The van der Waals surface area contributed by atoms with E-state index in [4.69, 9.17) is 9.47 Å². The zero-order valence-electron chi connectivity index (χ0n) is 20.4. The van der Waals surface area contributed by atoms with Crippen molar-refractivity contribution >= 4 is 5.69 Å². The van der Waals surface area contributed by atoms with Crippen LogP contribution in [0.2, 0.25) is 0 Å². The van der Waals surface area contributed by atoms with Crippen molar-refractivity contribution in [2.24, 2.45) is 5.92 Å². The van der Waals surface area contributed by atoms with Crippen LogP contribution in [0.3, 0.4) is 0 Å². The first-order valence-corrected chi connectivity index (χ1v) is 13.0. The number of anilines is 1. The Kier molecular flexibility index (Phi) is 7.34. The van der Waals surface area contributed by atoms with Gasteiger partial charge in [0, 0.05) is 51.5 Å². The van der Waals surface area contributed by atoms with Crippen molar-refractivity contribution in [2.75, 3.05) is 38.8 Å². The second-order valence-electron chi connectivity index (χ2n) is 10.1. The molecule has 1 unspecified atom stereocenters. The molecule has 2 aromatic carbocycles. The maximum Gasteiger partial charge on any atom is 0.159 e. The second kappa shape index (κ2) is 10.6. The maximum atomic E-state index is 5.51. The quantitative estimate of drug-likeness (QED) is 0.521. The summed E-state index contributed by atoms with van der Waals surface area (Å²) >= 11 is 0. The molecule has 5 rings (SSSR count). The van der Waals surface area contributed by atoms with Crippen LogP contribution in [-0.2, 0) is 15.9 Å². The Bertz CT molecular complexity index is 881. The van der Waals surface area contributed by atoms with E-state index < -0.39 is 0 Å². The first kappa shape index (κ1) is 22.9. The average Bonchev–Trinajstić information content (AvgIpc) is 2.90. The Morgan fingerprint density at radius 2 is 1.48 bits per heavy atom. The molecule has 3 aliphatic rings. The minimum absolute atomic E-state index is 0.0772. The summed E-state index contributed by atoms with van der Waals surface area (Å²) in [6.07, 6.45) is 10.2. The van der Waals surface area contributed by atoms with E-state index in [9.17, 15) is 0 Å². The summed E-state index contributed by atoms with van der Waals surface area (Å²) in [5.74, 6) is 0.485. The molecule has 0 N–H and O–H groups in total. The van der Waals surface area contributed by atoms with Crippen LogP contribution < -0.4 is 4.90 Å².